The van der Waals surface area contributed by atoms with Gasteiger partial charge in [0.25, 0.3) is 5.91 Å². The molecule has 1 fully saturated rings. The molecule has 0 saturated heterocycles. The van der Waals surface area contributed by atoms with E-state index in [1.807, 2.05) is 6.07 Å². The lowest BCUT2D eigenvalue weighted by Crippen LogP contribution is -2.20. The Kier molecular flexibility index (Phi) is 5.46. The van der Waals surface area contributed by atoms with Crippen LogP contribution in [0.25, 0.3) is 5.52 Å². The van der Waals surface area contributed by atoms with Crippen molar-refractivity contribution in [1.82, 2.24) is 14.6 Å². The highest BCUT2D eigenvalue weighted by Gasteiger charge is 2.36. The number of amides is 1. The highest BCUT2D eigenvalue weighted by atomic mass is 19.4. The molecule has 1 aliphatic carbocycles. The second-order valence-corrected chi connectivity index (χ2v) is 7.61. The fourth-order valence-electron chi connectivity index (χ4n) is 3.94. The summed E-state index contributed by atoms with van der Waals surface area (Å²) in [4.78, 5) is 16.0. The van der Waals surface area contributed by atoms with Gasteiger partial charge in [0.15, 0.2) is 0 Å². The van der Waals surface area contributed by atoms with E-state index in [1.165, 1.54) is 0 Å². The lowest BCUT2D eigenvalue weighted by atomic mass is 9.81. The molecule has 0 aliphatic heterocycles. The lowest BCUT2D eigenvalue weighted by molar-refractivity contribution is -0.138. The van der Waals surface area contributed by atoms with Crippen molar-refractivity contribution in [2.24, 2.45) is 5.92 Å². The zero-order chi connectivity index (χ0) is 21.3. The van der Waals surface area contributed by atoms with E-state index in [4.69, 9.17) is 0 Å². The van der Waals surface area contributed by atoms with Gasteiger partial charge in [-0.2, -0.15) is 18.3 Å². The molecule has 4 rings (SSSR count). The summed E-state index contributed by atoms with van der Waals surface area (Å²) in [5.41, 5.74) is 0.304. The summed E-state index contributed by atoms with van der Waals surface area (Å²) in [6.45, 7) is 0.216. The highest BCUT2D eigenvalue weighted by molar-refractivity contribution is 6.04. The van der Waals surface area contributed by atoms with Gasteiger partial charge in [-0.3, -0.25) is 9.78 Å². The second kappa shape index (κ2) is 8.06. The van der Waals surface area contributed by atoms with Gasteiger partial charge in [-0.05, 0) is 61.9 Å². The Labute approximate surface area is 170 Å². The monoisotopic (exact) mass is 418 g/mol. The molecular formula is C21H21F3N4O2. The highest BCUT2D eigenvalue weighted by Crippen LogP contribution is 2.35. The van der Waals surface area contributed by atoms with Crippen LogP contribution in [0.2, 0.25) is 0 Å². The first-order valence-corrected chi connectivity index (χ1v) is 9.79. The molecule has 0 spiro atoms. The van der Waals surface area contributed by atoms with Crippen LogP contribution in [0.3, 0.4) is 0 Å². The third kappa shape index (κ3) is 4.16. The minimum absolute atomic E-state index is 0.216. The molecule has 158 valence electrons. The number of carbonyl (C=O) groups excluding carboxylic acids is 1. The number of nitrogens with one attached hydrogen (secondary N) is 1. The van der Waals surface area contributed by atoms with Gasteiger partial charge in [-0.15, -0.1) is 0 Å². The fraction of sp³-hybridized carbons (Fsp3) is 0.381. The van der Waals surface area contributed by atoms with E-state index in [0.717, 1.165) is 55.2 Å². The normalized spacial score (nSPS) is 19.7. The quantitative estimate of drug-likeness (QED) is 0.663. The first-order valence-electron chi connectivity index (χ1n) is 9.79. The van der Waals surface area contributed by atoms with Crippen molar-refractivity contribution in [3.8, 4) is 0 Å². The van der Waals surface area contributed by atoms with E-state index >= 15 is 0 Å². The average Bonchev–Trinajstić information content (AvgIpc) is 3.16. The van der Waals surface area contributed by atoms with Gasteiger partial charge in [0, 0.05) is 30.6 Å². The van der Waals surface area contributed by atoms with Crippen molar-refractivity contribution in [2.45, 2.75) is 37.8 Å². The number of aliphatic hydroxyl groups excluding tert-OH is 1. The topological polar surface area (TPSA) is 79.5 Å². The summed E-state index contributed by atoms with van der Waals surface area (Å²) in [6.07, 6.45) is 1.99. The minimum atomic E-state index is -4.67. The van der Waals surface area contributed by atoms with Crippen molar-refractivity contribution in [1.29, 1.82) is 0 Å². The Morgan fingerprint density at radius 1 is 1.20 bits per heavy atom. The molecule has 9 heteroatoms. The maximum atomic E-state index is 13.1. The molecule has 1 aliphatic rings. The summed E-state index contributed by atoms with van der Waals surface area (Å²) in [6, 6.07) is 7.17. The van der Waals surface area contributed by atoms with E-state index in [2.05, 4.69) is 15.4 Å². The molecule has 0 radical (unpaired) electrons. The Hall–Kier alpha value is -2.94. The summed E-state index contributed by atoms with van der Waals surface area (Å²) in [7, 11) is 0. The standard InChI is InChI=1S/C21H21F3N4O2/c22-21(23,24)17-2-1-8-25-19(17)20(30)26-15-7-9-28-16(10-15)11-18(27-28)14-5-3-13(12-29)4-6-14/h1-2,7-11,13-14,29H,3-6,12H2,(H,26,30). The van der Waals surface area contributed by atoms with Crippen LogP contribution in [0.4, 0.5) is 18.9 Å². The number of aliphatic hydroxyl groups is 1. The summed E-state index contributed by atoms with van der Waals surface area (Å²) in [5, 5.41) is 16.4. The first kappa shape index (κ1) is 20.3. The number of hydrogen-bond donors (Lipinski definition) is 2. The third-order valence-corrected chi connectivity index (χ3v) is 5.59. The number of rotatable bonds is 4. The second-order valence-electron chi connectivity index (χ2n) is 7.61. The van der Waals surface area contributed by atoms with E-state index in [1.54, 1.807) is 22.8 Å². The van der Waals surface area contributed by atoms with Gasteiger partial charge in [0.1, 0.15) is 5.69 Å². The number of alkyl halides is 3. The van der Waals surface area contributed by atoms with Crippen molar-refractivity contribution in [3.05, 3.63) is 59.7 Å². The number of aromatic nitrogens is 3. The molecule has 3 aromatic heterocycles. The Bertz CT molecular complexity index is 1060. The molecule has 1 saturated carbocycles. The number of hydrogen-bond acceptors (Lipinski definition) is 4. The SMILES string of the molecule is O=C(Nc1ccn2nc(C3CCC(CO)CC3)cc2c1)c1ncccc1C(F)(F)F. The van der Waals surface area contributed by atoms with E-state index in [9.17, 15) is 23.1 Å². The fourth-order valence-corrected chi connectivity index (χ4v) is 3.94. The molecule has 1 amide bonds. The van der Waals surface area contributed by atoms with Gasteiger partial charge in [-0.25, -0.2) is 4.52 Å². The van der Waals surface area contributed by atoms with E-state index in [0.29, 0.717) is 17.5 Å². The predicted octanol–water partition coefficient (Wildman–Crippen LogP) is 4.27. The van der Waals surface area contributed by atoms with E-state index in [-0.39, 0.29) is 6.61 Å². The Morgan fingerprint density at radius 3 is 2.67 bits per heavy atom. The molecule has 0 aromatic carbocycles. The van der Waals surface area contributed by atoms with Crippen LogP contribution < -0.4 is 5.32 Å². The van der Waals surface area contributed by atoms with Gasteiger partial charge in [0.05, 0.1) is 16.8 Å². The predicted molar refractivity (Wildman–Crippen MR) is 104 cm³/mol. The third-order valence-electron chi connectivity index (χ3n) is 5.59. The number of fused-ring (bicyclic) bond motifs is 1. The molecule has 0 atom stereocenters. The Morgan fingerprint density at radius 2 is 1.97 bits per heavy atom. The van der Waals surface area contributed by atoms with Crippen molar-refractivity contribution >= 4 is 17.1 Å². The number of nitrogens with zero attached hydrogens (tertiary/aromatic N) is 3. The average molecular weight is 418 g/mol. The molecule has 3 heterocycles. The molecule has 6 nitrogen and oxygen atoms in total. The molecule has 30 heavy (non-hydrogen) atoms. The van der Waals surface area contributed by atoms with Gasteiger partial charge >= 0.3 is 6.18 Å². The molecule has 0 unspecified atom stereocenters. The van der Waals surface area contributed by atoms with E-state index < -0.39 is 23.3 Å². The molecule has 3 aromatic rings. The van der Waals surface area contributed by atoms with Gasteiger partial charge < -0.3 is 10.4 Å². The maximum absolute atomic E-state index is 13.1. The number of carbonyl (C=O) groups is 1. The summed E-state index contributed by atoms with van der Waals surface area (Å²) < 4.78 is 41.1. The van der Waals surface area contributed by atoms with Gasteiger partial charge in [0.2, 0.25) is 0 Å². The summed E-state index contributed by atoms with van der Waals surface area (Å²) >= 11 is 0. The maximum Gasteiger partial charge on any atom is 0.418 e. The largest absolute Gasteiger partial charge is 0.418 e. The first-order chi connectivity index (χ1) is 14.3. The minimum Gasteiger partial charge on any atom is -0.396 e. The van der Waals surface area contributed by atoms with Crippen LogP contribution in [-0.2, 0) is 6.18 Å². The van der Waals surface area contributed by atoms with Crippen LogP contribution in [0.1, 0.15) is 53.3 Å². The van der Waals surface area contributed by atoms with Crippen LogP contribution >= 0.6 is 0 Å². The zero-order valence-corrected chi connectivity index (χ0v) is 16.1. The van der Waals surface area contributed by atoms with Gasteiger partial charge in [-0.1, -0.05) is 0 Å². The molecule has 0 bridgehead atoms. The Balaban J connectivity index is 1.53. The zero-order valence-electron chi connectivity index (χ0n) is 16.1. The van der Waals surface area contributed by atoms with Crippen molar-refractivity contribution in [3.63, 3.8) is 0 Å². The van der Waals surface area contributed by atoms with Crippen LogP contribution in [0, 0.1) is 5.92 Å². The van der Waals surface area contributed by atoms with Crippen LogP contribution in [-0.4, -0.2) is 32.2 Å². The number of halogens is 3. The smallest absolute Gasteiger partial charge is 0.396 e. The summed E-state index contributed by atoms with van der Waals surface area (Å²) in [5.74, 6) is -0.253. The van der Waals surface area contributed by atoms with Crippen molar-refractivity contribution in [2.75, 3.05) is 11.9 Å². The number of pyridine rings is 2. The molecular weight excluding hydrogens is 397 g/mol. The van der Waals surface area contributed by atoms with Crippen LogP contribution in [0.15, 0.2) is 42.7 Å². The number of anilines is 1. The lowest BCUT2D eigenvalue weighted by Gasteiger charge is -2.25. The van der Waals surface area contributed by atoms with Crippen molar-refractivity contribution < 1.29 is 23.1 Å². The van der Waals surface area contributed by atoms with Crippen LogP contribution in [0.5, 0.6) is 0 Å². The molecule has 2 N–H and O–H groups in total.